The van der Waals surface area contributed by atoms with Crippen molar-refractivity contribution in [2.45, 2.75) is 25.9 Å². The first-order valence-electron chi connectivity index (χ1n) is 6.22. The molecule has 2 N–H and O–H groups in total. The van der Waals surface area contributed by atoms with Crippen LogP contribution in [-0.4, -0.2) is 10.1 Å². The minimum atomic E-state index is -0.436. The number of rotatable bonds is 4. The van der Waals surface area contributed by atoms with Gasteiger partial charge in [0.25, 0.3) is 0 Å². The molecule has 0 aliphatic heterocycles. The average Bonchev–Trinajstić information content (AvgIpc) is 2.39. The molecule has 3 nitrogen and oxygen atoms in total. The standard InChI is InChI=1S/C15H17FN2O/c1-10(12-4-3-7-17-9-12)18-11(2)14-6-5-13(16)8-15(14)19/h3-11,18-19H,1-2H3/t10-,11?/m1/s1. The number of halogens is 1. The van der Waals surface area contributed by atoms with Crippen molar-refractivity contribution in [3.8, 4) is 5.75 Å². The molecule has 0 radical (unpaired) electrons. The van der Waals surface area contributed by atoms with Gasteiger partial charge in [0.2, 0.25) is 0 Å². The summed E-state index contributed by atoms with van der Waals surface area (Å²) in [4.78, 5) is 4.08. The van der Waals surface area contributed by atoms with Crippen LogP contribution in [0.4, 0.5) is 4.39 Å². The maximum absolute atomic E-state index is 12.9. The molecule has 2 atom stereocenters. The van der Waals surface area contributed by atoms with E-state index < -0.39 is 5.82 Å². The monoisotopic (exact) mass is 260 g/mol. The van der Waals surface area contributed by atoms with E-state index in [1.165, 1.54) is 6.07 Å². The molecule has 19 heavy (non-hydrogen) atoms. The van der Waals surface area contributed by atoms with Crippen LogP contribution in [0.25, 0.3) is 0 Å². The van der Waals surface area contributed by atoms with Gasteiger partial charge in [0.1, 0.15) is 11.6 Å². The van der Waals surface area contributed by atoms with Crippen molar-refractivity contribution < 1.29 is 9.50 Å². The maximum atomic E-state index is 12.9. The fourth-order valence-corrected chi connectivity index (χ4v) is 2.08. The largest absolute Gasteiger partial charge is 0.508 e. The number of phenolic OH excluding ortho intramolecular Hbond substituents is 1. The van der Waals surface area contributed by atoms with Crippen LogP contribution in [-0.2, 0) is 0 Å². The molecule has 0 aliphatic rings. The first-order chi connectivity index (χ1) is 9.08. The number of phenols is 1. The van der Waals surface area contributed by atoms with Gasteiger partial charge in [-0.1, -0.05) is 12.1 Å². The predicted molar refractivity (Wildman–Crippen MR) is 72.3 cm³/mol. The highest BCUT2D eigenvalue weighted by Crippen LogP contribution is 2.26. The summed E-state index contributed by atoms with van der Waals surface area (Å²) in [6.07, 6.45) is 3.53. The number of benzene rings is 1. The molecule has 1 aromatic carbocycles. The number of pyridine rings is 1. The summed E-state index contributed by atoms with van der Waals surface area (Å²) in [5.41, 5.74) is 1.74. The Morgan fingerprint density at radius 2 is 2.00 bits per heavy atom. The molecule has 2 aromatic rings. The minimum absolute atomic E-state index is 0.0293. The molecule has 1 unspecified atom stereocenters. The Morgan fingerprint density at radius 1 is 1.21 bits per heavy atom. The van der Waals surface area contributed by atoms with Gasteiger partial charge in [-0.05, 0) is 31.5 Å². The van der Waals surface area contributed by atoms with E-state index in [2.05, 4.69) is 10.3 Å². The Hall–Kier alpha value is -1.94. The van der Waals surface area contributed by atoms with Gasteiger partial charge in [0.05, 0.1) is 0 Å². The highest BCUT2D eigenvalue weighted by Gasteiger charge is 2.14. The number of nitrogens with zero attached hydrogens (tertiary/aromatic N) is 1. The second kappa shape index (κ2) is 5.80. The van der Waals surface area contributed by atoms with Crippen molar-refractivity contribution in [2.24, 2.45) is 0 Å². The molecule has 2 rings (SSSR count). The molecule has 0 aliphatic carbocycles. The molecule has 1 heterocycles. The molecule has 0 spiro atoms. The molecule has 4 heteroatoms. The fourth-order valence-electron chi connectivity index (χ4n) is 2.08. The van der Waals surface area contributed by atoms with Crippen LogP contribution in [0.5, 0.6) is 5.75 Å². The smallest absolute Gasteiger partial charge is 0.126 e. The minimum Gasteiger partial charge on any atom is -0.508 e. The van der Waals surface area contributed by atoms with Crippen molar-refractivity contribution in [3.63, 3.8) is 0 Å². The van der Waals surface area contributed by atoms with E-state index in [4.69, 9.17) is 0 Å². The summed E-state index contributed by atoms with van der Waals surface area (Å²) in [5.74, 6) is -0.466. The lowest BCUT2D eigenvalue weighted by Crippen LogP contribution is -2.22. The number of nitrogens with one attached hydrogen (secondary N) is 1. The molecule has 0 bridgehead atoms. The molecule has 0 saturated heterocycles. The van der Waals surface area contributed by atoms with E-state index in [0.29, 0.717) is 5.56 Å². The zero-order valence-electron chi connectivity index (χ0n) is 11.0. The average molecular weight is 260 g/mol. The summed E-state index contributed by atoms with van der Waals surface area (Å²) in [7, 11) is 0. The maximum Gasteiger partial charge on any atom is 0.126 e. The van der Waals surface area contributed by atoms with E-state index in [-0.39, 0.29) is 17.8 Å². The second-order valence-corrected chi connectivity index (χ2v) is 4.60. The highest BCUT2D eigenvalue weighted by molar-refractivity contribution is 5.35. The van der Waals surface area contributed by atoms with E-state index in [0.717, 1.165) is 11.6 Å². The summed E-state index contributed by atoms with van der Waals surface area (Å²) in [6, 6.07) is 7.95. The second-order valence-electron chi connectivity index (χ2n) is 4.60. The number of aromatic hydroxyl groups is 1. The third-order valence-corrected chi connectivity index (χ3v) is 3.14. The molecular formula is C15H17FN2O. The molecule has 100 valence electrons. The first kappa shape index (κ1) is 13.5. The van der Waals surface area contributed by atoms with Gasteiger partial charge in [-0.25, -0.2) is 4.39 Å². The number of aromatic nitrogens is 1. The van der Waals surface area contributed by atoms with Crippen molar-refractivity contribution in [1.29, 1.82) is 0 Å². The Morgan fingerprint density at radius 3 is 2.63 bits per heavy atom. The molecule has 0 fully saturated rings. The summed E-state index contributed by atoms with van der Waals surface area (Å²) in [5, 5.41) is 13.1. The highest BCUT2D eigenvalue weighted by atomic mass is 19.1. The van der Waals surface area contributed by atoms with Gasteiger partial charge >= 0.3 is 0 Å². The van der Waals surface area contributed by atoms with Crippen LogP contribution < -0.4 is 5.32 Å². The topological polar surface area (TPSA) is 45.2 Å². The SMILES string of the molecule is CC(N[C@H](C)c1cccnc1)c1ccc(F)cc1O. The summed E-state index contributed by atoms with van der Waals surface area (Å²) >= 11 is 0. The van der Waals surface area contributed by atoms with Crippen molar-refractivity contribution >= 4 is 0 Å². The van der Waals surface area contributed by atoms with E-state index in [1.807, 2.05) is 26.0 Å². The lowest BCUT2D eigenvalue weighted by molar-refractivity contribution is 0.434. The van der Waals surface area contributed by atoms with Crippen LogP contribution in [0.15, 0.2) is 42.7 Å². The Bertz CT molecular complexity index is 545. The lowest BCUT2D eigenvalue weighted by Gasteiger charge is -2.21. The Labute approximate surface area is 112 Å². The van der Waals surface area contributed by atoms with E-state index in [1.54, 1.807) is 18.5 Å². The van der Waals surface area contributed by atoms with Crippen LogP contribution in [0.3, 0.4) is 0 Å². The quantitative estimate of drug-likeness (QED) is 0.886. The lowest BCUT2D eigenvalue weighted by atomic mass is 10.0. The van der Waals surface area contributed by atoms with Gasteiger partial charge in [-0.3, -0.25) is 4.98 Å². The molecule has 0 saturated carbocycles. The van der Waals surface area contributed by atoms with Crippen LogP contribution in [0, 0.1) is 5.82 Å². The van der Waals surface area contributed by atoms with Gasteiger partial charge in [-0.2, -0.15) is 0 Å². The first-order valence-corrected chi connectivity index (χ1v) is 6.22. The van der Waals surface area contributed by atoms with Crippen LogP contribution in [0.1, 0.15) is 37.1 Å². The Kier molecular flexibility index (Phi) is 4.12. The number of hydrogen-bond donors (Lipinski definition) is 2. The van der Waals surface area contributed by atoms with Crippen LogP contribution in [0.2, 0.25) is 0 Å². The molecular weight excluding hydrogens is 243 g/mol. The Balaban J connectivity index is 2.10. The van der Waals surface area contributed by atoms with Gasteiger partial charge in [-0.15, -0.1) is 0 Å². The normalized spacial score (nSPS) is 14.1. The predicted octanol–water partition coefficient (Wildman–Crippen LogP) is 3.34. The third kappa shape index (κ3) is 3.29. The number of hydrogen-bond acceptors (Lipinski definition) is 3. The van der Waals surface area contributed by atoms with Crippen molar-refractivity contribution in [1.82, 2.24) is 10.3 Å². The van der Waals surface area contributed by atoms with Crippen LogP contribution >= 0.6 is 0 Å². The van der Waals surface area contributed by atoms with Gasteiger partial charge in [0.15, 0.2) is 0 Å². The van der Waals surface area contributed by atoms with Crippen molar-refractivity contribution in [3.05, 3.63) is 59.7 Å². The van der Waals surface area contributed by atoms with E-state index in [9.17, 15) is 9.50 Å². The summed E-state index contributed by atoms with van der Waals surface area (Å²) in [6.45, 7) is 3.95. The van der Waals surface area contributed by atoms with Gasteiger partial charge < -0.3 is 10.4 Å². The third-order valence-electron chi connectivity index (χ3n) is 3.14. The van der Waals surface area contributed by atoms with Gasteiger partial charge in [0, 0.05) is 36.1 Å². The van der Waals surface area contributed by atoms with E-state index >= 15 is 0 Å². The van der Waals surface area contributed by atoms with Crippen molar-refractivity contribution in [2.75, 3.05) is 0 Å². The fraction of sp³-hybridized carbons (Fsp3) is 0.267. The molecule has 0 amide bonds. The molecule has 1 aromatic heterocycles. The summed E-state index contributed by atoms with van der Waals surface area (Å²) < 4.78 is 12.9. The zero-order chi connectivity index (χ0) is 13.8. The zero-order valence-corrected chi connectivity index (χ0v) is 11.0.